The van der Waals surface area contributed by atoms with E-state index in [1.807, 2.05) is 0 Å². The molecule has 21 heavy (non-hydrogen) atoms. The van der Waals surface area contributed by atoms with Gasteiger partial charge in [-0.05, 0) is 28.6 Å². The molecular formula is C17H31NO2Si. The predicted molar refractivity (Wildman–Crippen MR) is 91.5 cm³/mol. The van der Waals surface area contributed by atoms with Crippen LogP contribution in [0.2, 0.25) is 16.6 Å². The molecule has 120 valence electrons. The molecule has 0 aromatic heterocycles. The highest BCUT2D eigenvalue weighted by Crippen LogP contribution is 2.43. The van der Waals surface area contributed by atoms with Crippen molar-refractivity contribution in [2.45, 2.75) is 71.0 Å². The molecule has 0 aliphatic carbocycles. The average Bonchev–Trinajstić information content (AvgIpc) is 2.62. The van der Waals surface area contributed by atoms with Crippen LogP contribution >= 0.6 is 0 Å². The van der Waals surface area contributed by atoms with Crippen LogP contribution in [0.15, 0.2) is 16.1 Å². The maximum absolute atomic E-state index is 6.78. The quantitative estimate of drug-likeness (QED) is 0.705. The average molecular weight is 310 g/mol. The minimum atomic E-state index is -1.89. The van der Waals surface area contributed by atoms with Crippen molar-refractivity contribution >= 4 is 14.2 Å². The number of hydrogen-bond donors (Lipinski definition) is 0. The van der Waals surface area contributed by atoms with Gasteiger partial charge < -0.3 is 9.16 Å². The van der Waals surface area contributed by atoms with Crippen molar-refractivity contribution in [1.82, 2.24) is 0 Å². The number of ether oxygens (including phenoxy) is 1. The summed E-state index contributed by atoms with van der Waals surface area (Å²) in [4.78, 5) is 4.75. The van der Waals surface area contributed by atoms with Crippen LogP contribution in [0.5, 0.6) is 0 Å². The van der Waals surface area contributed by atoms with Crippen LogP contribution in [0.1, 0.15) is 54.4 Å². The minimum absolute atomic E-state index is 0.590. The van der Waals surface area contributed by atoms with E-state index in [0.29, 0.717) is 16.6 Å². The lowest BCUT2D eigenvalue weighted by Gasteiger charge is -2.42. The molecule has 0 aromatic rings. The first-order valence-corrected chi connectivity index (χ1v) is 10.6. The summed E-state index contributed by atoms with van der Waals surface area (Å²) in [5.41, 5.74) is 4.57. The third-order valence-electron chi connectivity index (χ3n) is 5.12. The molecule has 0 saturated carbocycles. The smallest absolute Gasteiger partial charge is 0.260 e. The fourth-order valence-electron chi connectivity index (χ4n) is 4.11. The Morgan fingerprint density at radius 1 is 0.952 bits per heavy atom. The normalized spacial score (nSPS) is 20.1. The van der Waals surface area contributed by atoms with Crippen LogP contribution in [0.3, 0.4) is 0 Å². The topological polar surface area (TPSA) is 30.8 Å². The molecule has 0 saturated heterocycles. The summed E-state index contributed by atoms with van der Waals surface area (Å²) in [5, 5.41) is 0. The number of nitrogens with zero attached hydrogens (tertiary/aromatic N) is 1. The van der Waals surface area contributed by atoms with Gasteiger partial charge in [0.1, 0.15) is 0 Å². The van der Waals surface area contributed by atoms with E-state index < -0.39 is 8.32 Å². The Morgan fingerprint density at radius 3 is 2.10 bits per heavy atom. The molecule has 3 nitrogen and oxygen atoms in total. The fraction of sp³-hybridized carbons (Fsp3) is 0.824. The van der Waals surface area contributed by atoms with Gasteiger partial charge in [-0.25, -0.2) is 4.99 Å². The second-order valence-corrected chi connectivity index (χ2v) is 12.6. The van der Waals surface area contributed by atoms with Crippen molar-refractivity contribution in [2.24, 2.45) is 4.99 Å². The van der Waals surface area contributed by atoms with E-state index in [2.05, 4.69) is 41.5 Å². The summed E-state index contributed by atoms with van der Waals surface area (Å²) >= 11 is 0. The highest BCUT2D eigenvalue weighted by molar-refractivity contribution is 6.79. The summed E-state index contributed by atoms with van der Waals surface area (Å²) in [6, 6.07) is 0. The molecule has 0 unspecified atom stereocenters. The molecule has 0 atom stereocenters. The van der Waals surface area contributed by atoms with Gasteiger partial charge in [0.25, 0.3) is 8.32 Å². The zero-order valence-corrected chi connectivity index (χ0v) is 15.5. The monoisotopic (exact) mass is 309 g/mol. The summed E-state index contributed by atoms with van der Waals surface area (Å²) in [6.45, 7) is 16.4. The summed E-state index contributed by atoms with van der Waals surface area (Å²) in [7, 11) is -1.89. The third kappa shape index (κ3) is 3.11. The zero-order valence-electron chi connectivity index (χ0n) is 14.5. The summed E-state index contributed by atoms with van der Waals surface area (Å²) < 4.78 is 12.4. The Hall–Kier alpha value is -0.613. The van der Waals surface area contributed by atoms with Crippen molar-refractivity contribution in [2.75, 3.05) is 19.8 Å². The lowest BCUT2D eigenvalue weighted by atomic mass is 10.1. The standard InChI is InChI=1S/C17H31NO2Si/c1-12(2)21(13(3)4,14(5)6)20-17-16-8-10-19-9-7-15(16)11-18-17/h12-14H,7-11H2,1-6H3. The van der Waals surface area contributed by atoms with Gasteiger partial charge >= 0.3 is 0 Å². The molecule has 2 rings (SSSR count). The highest BCUT2D eigenvalue weighted by Gasteiger charge is 2.48. The Labute approximate surface area is 131 Å². The predicted octanol–water partition coefficient (Wildman–Crippen LogP) is 4.70. The number of hydrogen-bond acceptors (Lipinski definition) is 3. The number of rotatable bonds is 4. The van der Waals surface area contributed by atoms with Gasteiger partial charge in [0, 0.05) is 12.0 Å². The van der Waals surface area contributed by atoms with E-state index in [9.17, 15) is 0 Å². The van der Waals surface area contributed by atoms with Crippen LogP contribution in [-0.4, -0.2) is 34.0 Å². The van der Waals surface area contributed by atoms with Crippen LogP contribution < -0.4 is 0 Å². The Kier molecular flexibility index (Phi) is 5.31. The molecule has 0 amide bonds. The van der Waals surface area contributed by atoms with Gasteiger partial charge in [-0.15, -0.1) is 0 Å². The first-order valence-electron chi connectivity index (χ1n) is 8.42. The van der Waals surface area contributed by atoms with Gasteiger partial charge in [-0.3, -0.25) is 0 Å². The molecule has 0 spiro atoms. The maximum atomic E-state index is 6.78. The van der Waals surface area contributed by atoms with Crippen LogP contribution in [0, 0.1) is 0 Å². The fourth-order valence-corrected chi connectivity index (χ4v) is 9.34. The van der Waals surface area contributed by atoms with Gasteiger partial charge in [-0.2, -0.15) is 0 Å². The molecular weight excluding hydrogens is 278 g/mol. The van der Waals surface area contributed by atoms with Gasteiger partial charge in [0.2, 0.25) is 0 Å². The van der Waals surface area contributed by atoms with Crippen molar-refractivity contribution in [1.29, 1.82) is 0 Å². The SMILES string of the molecule is CC(C)[Si](OC1=NCC2=C1CCOCC2)(C(C)C)C(C)C. The molecule has 0 fully saturated rings. The molecule has 0 bridgehead atoms. The molecule has 2 aliphatic rings. The second kappa shape index (κ2) is 6.65. The highest BCUT2D eigenvalue weighted by atomic mass is 28.4. The first-order chi connectivity index (χ1) is 9.89. The molecule has 0 N–H and O–H groups in total. The van der Waals surface area contributed by atoms with Gasteiger partial charge in [-0.1, -0.05) is 41.5 Å². The molecule has 0 aromatic carbocycles. The van der Waals surface area contributed by atoms with E-state index in [1.165, 1.54) is 11.1 Å². The van der Waals surface area contributed by atoms with Crippen LogP contribution in [0.25, 0.3) is 0 Å². The Balaban J connectivity index is 2.27. The summed E-state index contributed by atoms with van der Waals surface area (Å²) in [6.07, 6.45) is 1.98. The maximum Gasteiger partial charge on any atom is 0.260 e. The molecule has 2 aliphatic heterocycles. The minimum Gasteiger partial charge on any atom is -0.530 e. The second-order valence-electron chi connectivity index (χ2n) is 7.24. The lowest BCUT2D eigenvalue weighted by molar-refractivity contribution is 0.146. The van der Waals surface area contributed by atoms with Crippen LogP contribution in [0.4, 0.5) is 0 Å². The van der Waals surface area contributed by atoms with Crippen molar-refractivity contribution in [3.63, 3.8) is 0 Å². The van der Waals surface area contributed by atoms with Crippen molar-refractivity contribution < 1.29 is 9.16 Å². The van der Waals surface area contributed by atoms with Crippen molar-refractivity contribution in [3.8, 4) is 0 Å². The first kappa shape index (κ1) is 16.8. The van der Waals surface area contributed by atoms with Crippen molar-refractivity contribution in [3.05, 3.63) is 11.1 Å². The molecule has 0 radical (unpaired) electrons. The third-order valence-corrected chi connectivity index (χ3v) is 11.1. The van der Waals surface area contributed by atoms with E-state index in [0.717, 1.165) is 38.5 Å². The molecule has 4 heteroatoms. The number of aliphatic imine (C=N–C) groups is 1. The van der Waals surface area contributed by atoms with Gasteiger partial charge in [0.05, 0.1) is 19.8 Å². The Bertz CT molecular complexity index is 416. The zero-order chi connectivity index (χ0) is 15.6. The van der Waals surface area contributed by atoms with Crippen LogP contribution in [-0.2, 0) is 9.16 Å². The largest absolute Gasteiger partial charge is 0.530 e. The molecule has 2 heterocycles. The van der Waals surface area contributed by atoms with Gasteiger partial charge in [0.15, 0.2) is 5.90 Å². The summed E-state index contributed by atoms with van der Waals surface area (Å²) in [5.74, 6) is 0.957. The van der Waals surface area contributed by atoms with E-state index in [-0.39, 0.29) is 0 Å². The Morgan fingerprint density at radius 2 is 1.52 bits per heavy atom. The van der Waals surface area contributed by atoms with E-state index in [4.69, 9.17) is 14.2 Å². The van der Waals surface area contributed by atoms with E-state index >= 15 is 0 Å². The lowest BCUT2D eigenvalue weighted by Crippen LogP contribution is -2.49. The van der Waals surface area contributed by atoms with E-state index in [1.54, 1.807) is 0 Å².